The molecule has 0 amide bonds. The molecule has 1 saturated heterocycles. The predicted octanol–water partition coefficient (Wildman–Crippen LogP) is 1.50. The molecule has 1 unspecified atom stereocenters. The van der Waals surface area contributed by atoms with Gasteiger partial charge in [-0.1, -0.05) is 11.6 Å². The molecule has 0 radical (unpaired) electrons. The molecule has 1 atom stereocenters. The van der Waals surface area contributed by atoms with Gasteiger partial charge in [0, 0.05) is 6.54 Å². The summed E-state index contributed by atoms with van der Waals surface area (Å²) >= 11 is 6.69. The number of halogens is 1. The lowest BCUT2D eigenvalue weighted by Gasteiger charge is -2.08. The third-order valence-electron chi connectivity index (χ3n) is 2.98. The van der Waals surface area contributed by atoms with Crippen molar-refractivity contribution in [2.75, 3.05) is 18.1 Å². The van der Waals surface area contributed by atoms with E-state index in [1.54, 1.807) is 0 Å². The summed E-state index contributed by atoms with van der Waals surface area (Å²) in [6.45, 7) is 0.248. The molecule has 5 nitrogen and oxygen atoms in total. The third kappa shape index (κ3) is 4.16. The minimum absolute atomic E-state index is 0.0552. The van der Waals surface area contributed by atoms with Crippen LogP contribution in [0.15, 0.2) is 16.3 Å². The smallest absolute Gasteiger partial charge is 0.229 e. The molecule has 108 valence electrons. The van der Waals surface area contributed by atoms with E-state index < -0.39 is 19.9 Å². The van der Waals surface area contributed by atoms with Gasteiger partial charge in [-0.2, -0.15) is 0 Å². The van der Waals surface area contributed by atoms with Crippen LogP contribution >= 0.6 is 22.9 Å². The fourth-order valence-corrected chi connectivity index (χ4v) is 6.50. The molecule has 1 aliphatic heterocycles. The first-order chi connectivity index (χ1) is 8.78. The Morgan fingerprint density at radius 1 is 1.42 bits per heavy atom. The monoisotopic (exact) mass is 343 g/mol. The molecule has 0 spiro atoms. The van der Waals surface area contributed by atoms with Gasteiger partial charge in [-0.05, 0) is 30.9 Å². The van der Waals surface area contributed by atoms with Crippen LogP contribution in [0.5, 0.6) is 0 Å². The van der Waals surface area contributed by atoms with E-state index >= 15 is 0 Å². The molecule has 19 heavy (non-hydrogen) atoms. The largest absolute Gasteiger partial charge is 0.250 e. The molecular weight excluding hydrogens is 330 g/mol. The highest BCUT2D eigenvalue weighted by Gasteiger charge is 2.27. The first-order valence-corrected chi connectivity index (χ1v) is 10.2. The van der Waals surface area contributed by atoms with Crippen LogP contribution in [-0.2, 0) is 19.9 Å². The van der Waals surface area contributed by atoms with Crippen molar-refractivity contribution in [2.45, 2.75) is 17.1 Å². The summed E-state index contributed by atoms with van der Waals surface area (Å²) in [4.78, 5) is 0. The Bertz CT molecular complexity index is 650. The topological polar surface area (TPSA) is 80.3 Å². The molecule has 1 aromatic heterocycles. The highest BCUT2D eigenvalue weighted by Crippen LogP contribution is 2.25. The second-order valence-corrected chi connectivity index (χ2v) is 10.5. The average Bonchev–Trinajstić information content (AvgIpc) is 2.85. The first kappa shape index (κ1) is 15.2. The highest BCUT2D eigenvalue weighted by atomic mass is 35.5. The number of rotatable bonds is 5. The van der Waals surface area contributed by atoms with Crippen LogP contribution in [0.1, 0.15) is 12.8 Å². The molecule has 1 aliphatic rings. The van der Waals surface area contributed by atoms with Crippen molar-refractivity contribution in [3.05, 3.63) is 16.5 Å². The Morgan fingerprint density at radius 3 is 2.68 bits per heavy atom. The summed E-state index contributed by atoms with van der Waals surface area (Å²) < 4.78 is 49.4. The van der Waals surface area contributed by atoms with Crippen molar-refractivity contribution in [3.63, 3.8) is 0 Å². The van der Waals surface area contributed by atoms with Crippen molar-refractivity contribution < 1.29 is 16.8 Å². The minimum Gasteiger partial charge on any atom is -0.229 e. The van der Waals surface area contributed by atoms with E-state index in [0.717, 1.165) is 11.3 Å². The summed E-state index contributed by atoms with van der Waals surface area (Å²) in [5.74, 6) is 0.435. The van der Waals surface area contributed by atoms with E-state index in [0.29, 0.717) is 17.2 Å². The molecule has 0 bridgehead atoms. The highest BCUT2D eigenvalue weighted by molar-refractivity contribution is 7.92. The van der Waals surface area contributed by atoms with Crippen LogP contribution in [0.3, 0.4) is 0 Å². The van der Waals surface area contributed by atoms with Gasteiger partial charge < -0.3 is 0 Å². The van der Waals surface area contributed by atoms with Crippen LogP contribution in [0.2, 0.25) is 4.34 Å². The number of nitrogens with one attached hydrogen (secondary N) is 1. The summed E-state index contributed by atoms with van der Waals surface area (Å²) in [6.07, 6.45) is 1.16. The molecular formula is C10H14ClNO4S3. The molecule has 1 N–H and O–H groups in total. The zero-order valence-electron chi connectivity index (χ0n) is 10.0. The van der Waals surface area contributed by atoms with Gasteiger partial charge in [0.25, 0.3) is 0 Å². The maximum Gasteiger partial charge on any atom is 0.250 e. The predicted molar refractivity (Wildman–Crippen MR) is 75.9 cm³/mol. The zero-order valence-corrected chi connectivity index (χ0v) is 13.2. The average molecular weight is 344 g/mol. The normalized spacial score (nSPS) is 22.7. The summed E-state index contributed by atoms with van der Waals surface area (Å²) in [5.41, 5.74) is 0. The Labute approximate surface area is 121 Å². The third-order valence-corrected chi connectivity index (χ3v) is 8.01. The fourth-order valence-electron chi connectivity index (χ4n) is 2.01. The lowest BCUT2D eigenvalue weighted by molar-refractivity contribution is 0.528. The maximum absolute atomic E-state index is 11.9. The van der Waals surface area contributed by atoms with Crippen LogP contribution in [0, 0.1) is 5.92 Å². The summed E-state index contributed by atoms with van der Waals surface area (Å²) in [7, 11) is -6.43. The zero-order chi connectivity index (χ0) is 14.1. The standard InChI is InChI=1S/C10H14ClNO4S3/c11-9-1-2-10(17-9)19(15,16)12-5-3-8-4-6-18(13,14)7-8/h1-2,8,12H,3-7H2. The van der Waals surface area contributed by atoms with Gasteiger partial charge in [-0.25, -0.2) is 21.6 Å². The second-order valence-electron chi connectivity index (χ2n) is 4.51. The van der Waals surface area contributed by atoms with Gasteiger partial charge in [0.05, 0.1) is 15.8 Å². The number of hydrogen-bond acceptors (Lipinski definition) is 5. The van der Waals surface area contributed by atoms with E-state index in [4.69, 9.17) is 11.6 Å². The summed E-state index contributed by atoms with van der Waals surface area (Å²) in [5, 5.41) is 0. The van der Waals surface area contributed by atoms with Crippen molar-refractivity contribution in [2.24, 2.45) is 5.92 Å². The molecule has 2 heterocycles. The number of sulfone groups is 1. The Kier molecular flexibility index (Phi) is 4.56. The van der Waals surface area contributed by atoms with Crippen molar-refractivity contribution in [1.82, 2.24) is 4.72 Å². The van der Waals surface area contributed by atoms with E-state index in [2.05, 4.69) is 4.72 Å². The molecule has 9 heteroatoms. The molecule has 0 saturated carbocycles. The Hall–Kier alpha value is -0.150. The van der Waals surface area contributed by atoms with Crippen LogP contribution < -0.4 is 4.72 Å². The Balaban J connectivity index is 1.86. The molecule has 1 fully saturated rings. The number of thiophene rings is 1. The molecule has 0 aromatic carbocycles. The number of hydrogen-bond donors (Lipinski definition) is 1. The molecule has 2 rings (SSSR count). The Morgan fingerprint density at radius 2 is 2.16 bits per heavy atom. The molecule has 0 aliphatic carbocycles. The lowest BCUT2D eigenvalue weighted by atomic mass is 10.1. The van der Waals surface area contributed by atoms with Gasteiger partial charge in [0.2, 0.25) is 10.0 Å². The molecule has 1 aromatic rings. The van der Waals surface area contributed by atoms with Gasteiger partial charge in [-0.3, -0.25) is 0 Å². The van der Waals surface area contributed by atoms with Crippen LogP contribution in [0.4, 0.5) is 0 Å². The minimum atomic E-state index is -3.53. The SMILES string of the molecule is O=S1(=O)CCC(CCNS(=O)(=O)c2ccc(Cl)s2)C1. The second kappa shape index (κ2) is 5.69. The van der Waals surface area contributed by atoms with Crippen molar-refractivity contribution in [3.8, 4) is 0 Å². The van der Waals surface area contributed by atoms with E-state index in [1.165, 1.54) is 12.1 Å². The van der Waals surface area contributed by atoms with E-state index in [9.17, 15) is 16.8 Å². The van der Waals surface area contributed by atoms with Gasteiger partial charge in [-0.15, -0.1) is 11.3 Å². The first-order valence-electron chi connectivity index (χ1n) is 5.74. The van der Waals surface area contributed by atoms with Crippen molar-refractivity contribution >= 4 is 42.8 Å². The number of sulfonamides is 1. The van der Waals surface area contributed by atoms with Crippen molar-refractivity contribution in [1.29, 1.82) is 0 Å². The summed E-state index contributed by atoms with van der Waals surface area (Å²) in [6, 6.07) is 2.99. The van der Waals surface area contributed by atoms with Gasteiger partial charge in [0.1, 0.15) is 4.21 Å². The maximum atomic E-state index is 11.9. The fraction of sp³-hybridized carbons (Fsp3) is 0.600. The van der Waals surface area contributed by atoms with Gasteiger partial charge >= 0.3 is 0 Å². The van der Waals surface area contributed by atoms with Gasteiger partial charge in [0.15, 0.2) is 9.84 Å². The van der Waals surface area contributed by atoms with Crippen LogP contribution in [-0.4, -0.2) is 34.9 Å². The van der Waals surface area contributed by atoms with E-state index in [1.807, 2.05) is 0 Å². The van der Waals surface area contributed by atoms with E-state index in [-0.39, 0.29) is 28.2 Å². The quantitative estimate of drug-likeness (QED) is 0.878. The van der Waals surface area contributed by atoms with Crippen LogP contribution in [0.25, 0.3) is 0 Å². The lowest BCUT2D eigenvalue weighted by Crippen LogP contribution is -2.25.